The molecule has 1 N–H and O–H groups in total. The number of rotatable bonds is 7. The minimum Gasteiger partial charge on any atom is -0.351 e. The minimum absolute atomic E-state index is 0.232. The highest BCUT2D eigenvalue weighted by atomic mass is 32.2. The first-order valence-electron chi connectivity index (χ1n) is 10.9. The molecule has 1 aliphatic rings. The van der Waals surface area contributed by atoms with Crippen molar-refractivity contribution in [1.29, 1.82) is 0 Å². The number of thioether (sulfide) groups is 1. The van der Waals surface area contributed by atoms with Gasteiger partial charge in [-0.3, -0.25) is 0 Å². The van der Waals surface area contributed by atoms with Crippen LogP contribution in [0, 0.1) is 11.7 Å². The molecule has 0 aliphatic carbocycles. The molecule has 0 saturated carbocycles. The first-order chi connectivity index (χ1) is 15.9. The van der Waals surface area contributed by atoms with Crippen LogP contribution < -0.4 is 5.32 Å². The van der Waals surface area contributed by atoms with E-state index in [9.17, 15) is 4.39 Å². The van der Waals surface area contributed by atoms with Crippen LogP contribution in [0.15, 0.2) is 63.6 Å². The Hall–Kier alpha value is -2.71. The lowest BCUT2D eigenvalue weighted by molar-refractivity contribution is 0.390. The number of hydrogen-bond acceptors (Lipinski definition) is 5. The highest BCUT2D eigenvalue weighted by Gasteiger charge is 2.34. The maximum Gasteiger partial charge on any atom is 0.258 e. The van der Waals surface area contributed by atoms with Crippen LogP contribution in [0.5, 0.6) is 0 Å². The molecule has 2 heterocycles. The monoisotopic (exact) mass is 482 g/mol. The van der Waals surface area contributed by atoms with Gasteiger partial charge in [-0.15, -0.1) is 11.8 Å². The molecule has 1 aliphatic heterocycles. The Balaban J connectivity index is 1.78. The smallest absolute Gasteiger partial charge is 0.258 e. The van der Waals surface area contributed by atoms with Crippen LogP contribution in [-0.2, 0) is 0 Å². The number of nitrogens with one attached hydrogen (secondary N) is 1. The second kappa shape index (κ2) is 10.1. The van der Waals surface area contributed by atoms with E-state index in [1.54, 1.807) is 23.9 Å². The van der Waals surface area contributed by atoms with Gasteiger partial charge in [0, 0.05) is 22.7 Å². The fraction of sp³-hybridized carbons (Fsp3) is 0.320. The van der Waals surface area contributed by atoms with E-state index in [1.165, 1.54) is 17.0 Å². The van der Waals surface area contributed by atoms with Crippen LogP contribution in [-0.4, -0.2) is 33.0 Å². The van der Waals surface area contributed by atoms with Gasteiger partial charge in [0.2, 0.25) is 5.82 Å². The van der Waals surface area contributed by atoms with Gasteiger partial charge >= 0.3 is 0 Å². The predicted molar refractivity (Wildman–Crippen MR) is 135 cm³/mol. The van der Waals surface area contributed by atoms with Crippen LogP contribution in [0.4, 0.5) is 4.39 Å². The van der Waals surface area contributed by atoms with E-state index in [1.807, 2.05) is 6.92 Å². The molecule has 4 rings (SSSR count). The van der Waals surface area contributed by atoms with Crippen molar-refractivity contribution >= 4 is 34.7 Å². The summed E-state index contributed by atoms with van der Waals surface area (Å²) in [4.78, 5) is 7.93. The zero-order valence-electron chi connectivity index (χ0n) is 19.1. The van der Waals surface area contributed by atoms with E-state index < -0.39 is 0 Å². The summed E-state index contributed by atoms with van der Waals surface area (Å²) >= 11 is 7.45. The average molecular weight is 483 g/mol. The molecule has 1 atom stereocenters. The second-order valence-corrected chi connectivity index (χ2v) is 9.69. The SMILES string of the molecule is CSc1ccc(C2NC(=S)N(CCC(C)C)C(C)=C2c2nc(-c3cccc(F)c3)no2)cc1. The molecule has 0 bridgehead atoms. The van der Waals surface area contributed by atoms with Gasteiger partial charge in [-0.2, -0.15) is 4.98 Å². The Bertz CT molecular complexity index is 1170. The quantitative estimate of drug-likeness (QED) is 0.313. The summed E-state index contributed by atoms with van der Waals surface area (Å²) in [5, 5.41) is 8.31. The number of thiocarbonyl (C=S) groups is 1. The Labute approximate surface area is 203 Å². The molecule has 2 aromatic carbocycles. The van der Waals surface area contributed by atoms with Gasteiger partial charge in [0.05, 0.1) is 11.6 Å². The maximum absolute atomic E-state index is 13.7. The van der Waals surface area contributed by atoms with Gasteiger partial charge in [0.1, 0.15) is 5.82 Å². The topological polar surface area (TPSA) is 54.2 Å². The summed E-state index contributed by atoms with van der Waals surface area (Å²) in [6.45, 7) is 7.22. The van der Waals surface area contributed by atoms with Gasteiger partial charge in [-0.1, -0.05) is 43.3 Å². The highest BCUT2D eigenvalue weighted by molar-refractivity contribution is 7.98. The molecule has 172 valence electrons. The maximum atomic E-state index is 13.7. The molecule has 33 heavy (non-hydrogen) atoms. The lowest BCUT2D eigenvalue weighted by Gasteiger charge is -2.37. The van der Waals surface area contributed by atoms with E-state index in [2.05, 4.69) is 64.7 Å². The number of nitrogens with zero attached hydrogens (tertiary/aromatic N) is 3. The minimum atomic E-state index is -0.342. The van der Waals surface area contributed by atoms with Crippen molar-refractivity contribution in [3.63, 3.8) is 0 Å². The number of halogens is 1. The lowest BCUT2D eigenvalue weighted by Crippen LogP contribution is -2.46. The highest BCUT2D eigenvalue weighted by Crippen LogP contribution is 2.38. The van der Waals surface area contributed by atoms with E-state index in [0.717, 1.165) is 29.8 Å². The molecular weight excluding hydrogens is 455 g/mol. The number of aromatic nitrogens is 2. The zero-order chi connectivity index (χ0) is 23.5. The predicted octanol–water partition coefficient (Wildman–Crippen LogP) is 6.31. The fourth-order valence-corrected chi connectivity index (χ4v) is 4.59. The molecule has 1 unspecified atom stereocenters. The van der Waals surface area contributed by atoms with E-state index in [4.69, 9.17) is 16.7 Å². The Morgan fingerprint density at radius 2 is 1.97 bits per heavy atom. The normalized spacial score (nSPS) is 16.5. The van der Waals surface area contributed by atoms with Crippen LogP contribution in [0.2, 0.25) is 0 Å². The van der Waals surface area contributed by atoms with Crippen molar-refractivity contribution in [1.82, 2.24) is 20.4 Å². The molecule has 0 fully saturated rings. The Morgan fingerprint density at radius 3 is 2.64 bits per heavy atom. The molecule has 5 nitrogen and oxygen atoms in total. The van der Waals surface area contributed by atoms with Crippen LogP contribution >= 0.6 is 24.0 Å². The molecular formula is C25H27FN4OS2. The summed E-state index contributed by atoms with van der Waals surface area (Å²) in [6, 6.07) is 14.3. The first-order valence-corrected chi connectivity index (χ1v) is 12.5. The van der Waals surface area contributed by atoms with Gasteiger partial charge in [-0.05, 0) is 67.6 Å². The lowest BCUT2D eigenvalue weighted by atomic mass is 9.94. The van der Waals surface area contributed by atoms with Crippen molar-refractivity contribution < 1.29 is 8.91 Å². The Kier molecular flexibility index (Phi) is 7.14. The molecule has 1 aromatic heterocycles. The largest absolute Gasteiger partial charge is 0.351 e. The van der Waals surface area contributed by atoms with E-state index >= 15 is 0 Å². The van der Waals surface area contributed by atoms with Crippen LogP contribution in [0.1, 0.15) is 44.7 Å². The molecule has 0 spiro atoms. The average Bonchev–Trinajstić information content (AvgIpc) is 3.28. The van der Waals surface area contributed by atoms with Gasteiger partial charge in [0.15, 0.2) is 5.11 Å². The molecule has 0 saturated heterocycles. The van der Waals surface area contributed by atoms with Crippen molar-refractivity contribution in [2.75, 3.05) is 12.8 Å². The number of allylic oxidation sites excluding steroid dienone is 1. The summed E-state index contributed by atoms with van der Waals surface area (Å²) in [6.07, 6.45) is 3.05. The van der Waals surface area contributed by atoms with Gasteiger partial charge < -0.3 is 14.7 Å². The number of benzene rings is 2. The third kappa shape index (κ3) is 5.12. The van der Waals surface area contributed by atoms with Crippen molar-refractivity contribution in [3.05, 3.63) is 71.5 Å². The first kappa shape index (κ1) is 23.4. The van der Waals surface area contributed by atoms with Crippen molar-refractivity contribution in [2.45, 2.75) is 38.1 Å². The summed E-state index contributed by atoms with van der Waals surface area (Å²) in [7, 11) is 0. The Morgan fingerprint density at radius 1 is 1.21 bits per heavy atom. The summed E-state index contributed by atoms with van der Waals surface area (Å²) in [5.41, 5.74) is 3.48. The van der Waals surface area contributed by atoms with Crippen molar-refractivity contribution in [3.8, 4) is 11.4 Å². The molecule has 3 aromatic rings. The molecule has 0 radical (unpaired) electrons. The third-order valence-electron chi connectivity index (χ3n) is 5.71. The van der Waals surface area contributed by atoms with Crippen LogP contribution in [0.3, 0.4) is 0 Å². The van der Waals surface area contributed by atoms with Crippen LogP contribution in [0.25, 0.3) is 17.0 Å². The standard InChI is InChI=1S/C25H27FN4OS2/c1-15(2)12-13-30-16(3)21(22(27-25(30)32)17-8-10-20(33-4)11-9-17)24-28-23(29-31-24)18-6-5-7-19(26)14-18/h5-11,14-15,22H,12-13H2,1-4H3,(H,27,32). The van der Waals surface area contributed by atoms with E-state index in [0.29, 0.717) is 28.3 Å². The summed E-state index contributed by atoms with van der Waals surface area (Å²) < 4.78 is 19.5. The third-order valence-corrected chi connectivity index (χ3v) is 6.80. The number of hydrogen-bond donors (Lipinski definition) is 1. The zero-order valence-corrected chi connectivity index (χ0v) is 20.8. The van der Waals surface area contributed by atoms with Gasteiger partial charge in [-0.25, -0.2) is 4.39 Å². The molecule has 8 heteroatoms. The van der Waals surface area contributed by atoms with Crippen molar-refractivity contribution in [2.24, 2.45) is 5.92 Å². The van der Waals surface area contributed by atoms with E-state index in [-0.39, 0.29) is 11.9 Å². The summed E-state index contributed by atoms with van der Waals surface area (Å²) in [5.74, 6) is 0.952. The fourth-order valence-electron chi connectivity index (χ4n) is 3.84. The van der Waals surface area contributed by atoms with Gasteiger partial charge in [0.25, 0.3) is 5.89 Å². The second-order valence-electron chi connectivity index (χ2n) is 8.42. The molecule has 0 amide bonds.